The van der Waals surface area contributed by atoms with Gasteiger partial charge < -0.3 is 10.1 Å². The third-order valence-corrected chi connectivity index (χ3v) is 5.80. The van der Waals surface area contributed by atoms with Crippen LogP contribution in [-0.2, 0) is 11.2 Å². The number of thiazole rings is 1. The summed E-state index contributed by atoms with van der Waals surface area (Å²) in [6, 6.07) is 26.0. The van der Waals surface area contributed by atoms with Gasteiger partial charge in [-0.15, -0.1) is 0 Å². The Morgan fingerprint density at radius 2 is 1.63 bits per heavy atom. The molecular formula is C25H22N2O2S. The van der Waals surface area contributed by atoms with Crippen molar-refractivity contribution < 1.29 is 9.53 Å². The predicted molar refractivity (Wildman–Crippen MR) is 123 cm³/mol. The summed E-state index contributed by atoms with van der Waals surface area (Å²) < 4.78 is 5.29. The molecule has 1 heterocycles. The molecule has 4 nitrogen and oxygen atoms in total. The lowest BCUT2D eigenvalue weighted by atomic mass is 10.1. The number of carbonyl (C=O) groups excluding carboxylic acids is 1. The normalized spacial score (nSPS) is 10.6. The minimum absolute atomic E-state index is 0.0902. The van der Waals surface area contributed by atoms with E-state index in [0.29, 0.717) is 5.13 Å². The number of ether oxygens (including phenoxy) is 1. The lowest BCUT2D eigenvalue weighted by molar-refractivity contribution is -0.115. The zero-order valence-electron chi connectivity index (χ0n) is 16.9. The predicted octanol–water partition coefficient (Wildman–Crippen LogP) is 5.98. The first kappa shape index (κ1) is 19.9. The monoisotopic (exact) mass is 414 g/mol. The second kappa shape index (κ2) is 8.93. The molecule has 0 atom stereocenters. The van der Waals surface area contributed by atoms with Crippen LogP contribution < -0.4 is 10.1 Å². The lowest BCUT2D eigenvalue weighted by Crippen LogP contribution is -2.14. The maximum atomic E-state index is 12.7. The Kier molecular flexibility index (Phi) is 5.91. The van der Waals surface area contributed by atoms with E-state index >= 15 is 0 Å². The average Bonchev–Trinajstić information content (AvgIpc) is 3.19. The van der Waals surface area contributed by atoms with Crippen LogP contribution in [0.25, 0.3) is 21.7 Å². The summed E-state index contributed by atoms with van der Waals surface area (Å²) in [7, 11) is 1.64. The van der Waals surface area contributed by atoms with Crippen LogP contribution in [0, 0.1) is 6.92 Å². The third kappa shape index (κ3) is 4.42. The molecule has 3 aromatic carbocycles. The number of hydrogen-bond acceptors (Lipinski definition) is 4. The molecule has 150 valence electrons. The highest BCUT2D eigenvalue weighted by atomic mass is 32.1. The second-order valence-electron chi connectivity index (χ2n) is 6.96. The first-order valence-corrected chi connectivity index (χ1v) is 10.5. The summed E-state index contributed by atoms with van der Waals surface area (Å²) >= 11 is 1.49. The smallest absolute Gasteiger partial charge is 0.230 e. The van der Waals surface area contributed by atoms with Crippen molar-refractivity contribution >= 4 is 22.4 Å². The summed E-state index contributed by atoms with van der Waals surface area (Å²) in [5.74, 6) is 0.728. The quantitative estimate of drug-likeness (QED) is 0.422. The molecule has 1 N–H and O–H groups in total. The van der Waals surface area contributed by atoms with Crippen molar-refractivity contribution in [1.82, 2.24) is 4.98 Å². The van der Waals surface area contributed by atoms with Gasteiger partial charge >= 0.3 is 0 Å². The summed E-state index contributed by atoms with van der Waals surface area (Å²) in [4.78, 5) is 18.5. The minimum atomic E-state index is -0.0902. The second-order valence-corrected chi connectivity index (χ2v) is 7.96. The van der Waals surface area contributed by atoms with Gasteiger partial charge in [0.05, 0.1) is 24.1 Å². The molecule has 0 spiro atoms. The highest BCUT2D eigenvalue weighted by Gasteiger charge is 2.16. The summed E-state index contributed by atoms with van der Waals surface area (Å²) in [5, 5.41) is 3.58. The Hall–Kier alpha value is -3.44. The Bertz CT molecular complexity index is 1100. The molecule has 0 aliphatic rings. The van der Waals surface area contributed by atoms with Crippen molar-refractivity contribution in [2.45, 2.75) is 13.3 Å². The number of aryl methyl sites for hydroxylation is 1. The van der Waals surface area contributed by atoms with Crippen molar-refractivity contribution in [3.8, 4) is 27.4 Å². The number of hydrogen-bond donors (Lipinski definition) is 1. The first-order valence-electron chi connectivity index (χ1n) is 9.69. The Labute approximate surface area is 180 Å². The van der Waals surface area contributed by atoms with Crippen LogP contribution in [0.3, 0.4) is 0 Å². The number of benzene rings is 3. The first-order chi connectivity index (χ1) is 14.6. The fourth-order valence-electron chi connectivity index (χ4n) is 3.35. The zero-order valence-corrected chi connectivity index (χ0v) is 17.7. The molecule has 0 saturated heterocycles. The van der Waals surface area contributed by atoms with Crippen molar-refractivity contribution in [2.24, 2.45) is 0 Å². The van der Waals surface area contributed by atoms with E-state index in [2.05, 4.69) is 17.4 Å². The van der Waals surface area contributed by atoms with Gasteiger partial charge in [-0.05, 0) is 29.7 Å². The van der Waals surface area contributed by atoms with E-state index in [0.717, 1.165) is 38.6 Å². The van der Waals surface area contributed by atoms with Crippen LogP contribution >= 0.6 is 11.3 Å². The lowest BCUT2D eigenvalue weighted by Gasteiger charge is -2.07. The highest BCUT2D eigenvalue weighted by molar-refractivity contribution is 7.19. The standard InChI is InChI=1S/C25H22N2O2S/c1-17-15-18(13-14-21(17)29-2)16-22(28)26-25-27-23(19-9-5-3-6-10-19)24(30-25)20-11-7-4-8-12-20/h3-15H,16H2,1-2H3,(H,26,27,28). The van der Waals surface area contributed by atoms with Crippen LogP contribution in [0.15, 0.2) is 78.9 Å². The van der Waals surface area contributed by atoms with Crippen LogP contribution in [0.4, 0.5) is 5.13 Å². The zero-order chi connectivity index (χ0) is 20.9. The molecule has 1 aromatic heterocycles. The van der Waals surface area contributed by atoms with Gasteiger partial charge in [0.25, 0.3) is 0 Å². The molecule has 0 unspecified atom stereocenters. The number of rotatable bonds is 6. The van der Waals surface area contributed by atoms with Gasteiger partial charge in [-0.2, -0.15) is 0 Å². The van der Waals surface area contributed by atoms with Gasteiger partial charge in [0.15, 0.2) is 5.13 Å². The van der Waals surface area contributed by atoms with Gasteiger partial charge in [-0.3, -0.25) is 4.79 Å². The number of aromatic nitrogens is 1. The molecular weight excluding hydrogens is 392 g/mol. The summed E-state index contributed by atoms with van der Waals surface area (Å²) in [6.07, 6.45) is 0.283. The van der Waals surface area contributed by atoms with E-state index in [-0.39, 0.29) is 12.3 Å². The number of methoxy groups -OCH3 is 1. The van der Waals surface area contributed by atoms with Crippen LogP contribution in [-0.4, -0.2) is 18.0 Å². The van der Waals surface area contributed by atoms with Crippen LogP contribution in [0.2, 0.25) is 0 Å². The van der Waals surface area contributed by atoms with Crippen molar-refractivity contribution in [2.75, 3.05) is 12.4 Å². The number of amides is 1. The van der Waals surface area contributed by atoms with E-state index in [1.54, 1.807) is 7.11 Å². The number of nitrogens with zero attached hydrogens (tertiary/aromatic N) is 1. The highest BCUT2D eigenvalue weighted by Crippen LogP contribution is 2.38. The summed E-state index contributed by atoms with van der Waals surface area (Å²) in [5.41, 5.74) is 4.94. The molecule has 4 aromatic rings. The average molecular weight is 415 g/mol. The molecule has 0 aliphatic heterocycles. The van der Waals surface area contributed by atoms with E-state index in [1.165, 1.54) is 11.3 Å². The fraction of sp³-hybridized carbons (Fsp3) is 0.120. The molecule has 0 bridgehead atoms. The van der Waals surface area contributed by atoms with Gasteiger partial charge in [-0.25, -0.2) is 4.98 Å². The van der Waals surface area contributed by atoms with Gasteiger partial charge in [0.2, 0.25) is 5.91 Å². The number of anilines is 1. The van der Waals surface area contributed by atoms with Gasteiger partial charge in [0.1, 0.15) is 5.75 Å². The van der Waals surface area contributed by atoms with Crippen molar-refractivity contribution in [1.29, 1.82) is 0 Å². The van der Waals surface area contributed by atoms with Crippen LogP contribution in [0.5, 0.6) is 5.75 Å². The minimum Gasteiger partial charge on any atom is -0.496 e. The third-order valence-electron chi connectivity index (χ3n) is 4.78. The molecule has 0 radical (unpaired) electrons. The van der Waals surface area contributed by atoms with E-state index in [1.807, 2.05) is 73.7 Å². The number of carbonyl (C=O) groups is 1. The topological polar surface area (TPSA) is 51.2 Å². The Balaban J connectivity index is 1.59. The maximum absolute atomic E-state index is 12.7. The van der Waals surface area contributed by atoms with Gasteiger partial charge in [0, 0.05) is 5.56 Å². The van der Waals surface area contributed by atoms with Gasteiger partial charge in [-0.1, -0.05) is 84.1 Å². The van der Waals surface area contributed by atoms with E-state index in [9.17, 15) is 4.79 Å². The molecule has 0 saturated carbocycles. The summed E-state index contributed by atoms with van der Waals surface area (Å²) in [6.45, 7) is 1.97. The molecule has 1 amide bonds. The van der Waals surface area contributed by atoms with Crippen molar-refractivity contribution in [3.63, 3.8) is 0 Å². The SMILES string of the molecule is COc1ccc(CC(=O)Nc2nc(-c3ccccc3)c(-c3ccccc3)s2)cc1C. The molecule has 30 heavy (non-hydrogen) atoms. The largest absolute Gasteiger partial charge is 0.496 e. The number of nitrogens with one attached hydrogen (secondary N) is 1. The fourth-order valence-corrected chi connectivity index (χ4v) is 4.36. The van der Waals surface area contributed by atoms with E-state index < -0.39 is 0 Å². The maximum Gasteiger partial charge on any atom is 0.230 e. The van der Waals surface area contributed by atoms with Crippen molar-refractivity contribution in [3.05, 3.63) is 90.0 Å². The molecule has 0 aliphatic carbocycles. The molecule has 4 rings (SSSR count). The van der Waals surface area contributed by atoms with E-state index in [4.69, 9.17) is 9.72 Å². The Morgan fingerprint density at radius 1 is 0.967 bits per heavy atom. The Morgan fingerprint density at radius 3 is 2.27 bits per heavy atom. The molecule has 0 fully saturated rings. The molecule has 5 heteroatoms. The van der Waals surface area contributed by atoms with Crippen LogP contribution in [0.1, 0.15) is 11.1 Å².